The molecule has 4 heterocycles. The maximum absolute atomic E-state index is 13.5. The molecule has 0 aliphatic carbocycles. The zero-order valence-corrected chi connectivity index (χ0v) is 16.0. The van der Waals surface area contributed by atoms with Gasteiger partial charge in [0.2, 0.25) is 0 Å². The van der Waals surface area contributed by atoms with E-state index in [2.05, 4.69) is 32.9 Å². The van der Waals surface area contributed by atoms with Crippen molar-refractivity contribution in [1.82, 2.24) is 24.1 Å². The highest BCUT2D eigenvalue weighted by atomic mass is 19.1. The molecule has 1 atom stereocenters. The minimum absolute atomic E-state index is 0.0743. The Balaban J connectivity index is 1.56. The van der Waals surface area contributed by atoms with Gasteiger partial charge in [-0.25, -0.2) is 13.9 Å². The first kappa shape index (κ1) is 17.1. The molecule has 0 bridgehead atoms. The summed E-state index contributed by atoms with van der Waals surface area (Å²) in [4.78, 5) is 7.15. The van der Waals surface area contributed by atoms with Gasteiger partial charge in [-0.3, -0.25) is 4.90 Å². The number of benzene rings is 1. The van der Waals surface area contributed by atoms with Gasteiger partial charge in [-0.2, -0.15) is 5.10 Å². The molecule has 1 aliphatic rings. The van der Waals surface area contributed by atoms with Crippen molar-refractivity contribution in [3.63, 3.8) is 0 Å². The van der Waals surface area contributed by atoms with Crippen molar-refractivity contribution in [1.29, 1.82) is 0 Å². The minimum atomic E-state index is -0.209. The number of fused-ring (bicyclic) bond motifs is 2. The smallest absolute Gasteiger partial charge is 0.159 e. The van der Waals surface area contributed by atoms with Crippen LogP contribution in [0.15, 0.2) is 54.9 Å². The highest BCUT2D eigenvalue weighted by Crippen LogP contribution is 2.34. The van der Waals surface area contributed by atoms with Crippen LogP contribution >= 0.6 is 0 Å². The number of rotatable bonds is 3. The zero-order chi connectivity index (χ0) is 19.3. The number of aryl methyl sites for hydroxylation is 2. The predicted molar refractivity (Wildman–Crippen MR) is 106 cm³/mol. The lowest BCUT2D eigenvalue weighted by Gasteiger charge is -2.37. The van der Waals surface area contributed by atoms with E-state index in [-0.39, 0.29) is 11.9 Å². The van der Waals surface area contributed by atoms with Crippen molar-refractivity contribution in [2.75, 3.05) is 6.54 Å². The predicted octanol–water partition coefficient (Wildman–Crippen LogP) is 3.89. The van der Waals surface area contributed by atoms with E-state index in [4.69, 9.17) is 4.98 Å². The number of hydrogen-bond acceptors (Lipinski definition) is 3. The number of halogens is 1. The van der Waals surface area contributed by atoms with Gasteiger partial charge in [-0.15, -0.1) is 0 Å². The molecule has 0 radical (unpaired) electrons. The SMILES string of the molecule is Cc1cc(C)n2ncc(CN3CCn4cccc4C3c3ccc(F)cc3)c2n1. The third-order valence-electron chi connectivity index (χ3n) is 5.55. The average Bonchev–Trinajstić information content (AvgIpc) is 3.30. The molecule has 0 saturated carbocycles. The molecule has 0 spiro atoms. The first-order chi connectivity index (χ1) is 13.6. The fraction of sp³-hybridized carbons (Fsp3) is 0.273. The molecular formula is C22H22FN5. The maximum Gasteiger partial charge on any atom is 0.159 e. The van der Waals surface area contributed by atoms with Gasteiger partial charge in [0.05, 0.1) is 12.2 Å². The van der Waals surface area contributed by atoms with Gasteiger partial charge in [-0.1, -0.05) is 12.1 Å². The largest absolute Gasteiger partial charge is 0.348 e. The molecule has 0 fully saturated rings. The van der Waals surface area contributed by atoms with Gasteiger partial charge in [0.15, 0.2) is 5.65 Å². The summed E-state index contributed by atoms with van der Waals surface area (Å²) in [6, 6.07) is 13.2. The summed E-state index contributed by atoms with van der Waals surface area (Å²) in [5.41, 5.74) is 6.42. The third-order valence-corrected chi connectivity index (χ3v) is 5.55. The van der Waals surface area contributed by atoms with Crippen LogP contribution < -0.4 is 0 Å². The molecule has 5 rings (SSSR count). The highest BCUT2D eigenvalue weighted by molar-refractivity contribution is 5.48. The van der Waals surface area contributed by atoms with Crippen LogP contribution in [0, 0.1) is 19.7 Å². The van der Waals surface area contributed by atoms with E-state index in [1.54, 1.807) is 12.1 Å². The Labute approximate surface area is 163 Å². The van der Waals surface area contributed by atoms with Crippen LogP contribution in [-0.2, 0) is 13.1 Å². The molecule has 4 aromatic rings. The van der Waals surface area contributed by atoms with Crippen LogP contribution in [0.5, 0.6) is 0 Å². The molecule has 1 unspecified atom stereocenters. The summed E-state index contributed by atoms with van der Waals surface area (Å²) in [7, 11) is 0. The topological polar surface area (TPSA) is 38.4 Å². The Morgan fingerprint density at radius 2 is 1.93 bits per heavy atom. The van der Waals surface area contributed by atoms with Crippen molar-refractivity contribution >= 4 is 5.65 Å². The molecule has 1 aromatic carbocycles. The highest BCUT2D eigenvalue weighted by Gasteiger charge is 2.29. The average molecular weight is 375 g/mol. The van der Waals surface area contributed by atoms with E-state index in [0.717, 1.165) is 47.8 Å². The second kappa shape index (κ2) is 6.56. The van der Waals surface area contributed by atoms with Crippen LogP contribution in [0.1, 0.15) is 34.3 Å². The quantitative estimate of drug-likeness (QED) is 0.545. The van der Waals surface area contributed by atoms with E-state index >= 15 is 0 Å². The normalized spacial score (nSPS) is 17.2. The summed E-state index contributed by atoms with van der Waals surface area (Å²) in [5, 5.41) is 4.54. The molecule has 3 aromatic heterocycles. The Bertz CT molecular complexity index is 1140. The first-order valence-corrected chi connectivity index (χ1v) is 9.55. The molecule has 142 valence electrons. The van der Waals surface area contributed by atoms with Crippen LogP contribution in [0.2, 0.25) is 0 Å². The van der Waals surface area contributed by atoms with Gasteiger partial charge in [0, 0.05) is 48.5 Å². The van der Waals surface area contributed by atoms with E-state index in [9.17, 15) is 4.39 Å². The van der Waals surface area contributed by atoms with E-state index in [0.29, 0.717) is 0 Å². The standard InChI is InChI=1S/C22H22FN5/c1-15-12-16(2)28-22(25-15)18(13-24-28)14-27-11-10-26-9-3-4-20(26)21(27)17-5-7-19(23)8-6-17/h3-9,12-13,21H,10-11,14H2,1-2H3. The molecule has 0 amide bonds. The summed E-state index contributed by atoms with van der Waals surface area (Å²) >= 11 is 0. The van der Waals surface area contributed by atoms with Gasteiger partial charge in [-0.05, 0) is 49.7 Å². The van der Waals surface area contributed by atoms with Crippen LogP contribution in [0.3, 0.4) is 0 Å². The van der Waals surface area contributed by atoms with Gasteiger partial charge in [0.1, 0.15) is 5.82 Å². The molecule has 0 saturated heterocycles. The maximum atomic E-state index is 13.5. The van der Waals surface area contributed by atoms with Crippen molar-refractivity contribution in [3.05, 3.63) is 88.9 Å². The minimum Gasteiger partial charge on any atom is -0.348 e. The molecule has 5 nitrogen and oxygen atoms in total. The lowest BCUT2D eigenvalue weighted by molar-refractivity contribution is 0.175. The second-order valence-corrected chi connectivity index (χ2v) is 7.50. The Morgan fingerprint density at radius 1 is 1.11 bits per heavy atom. The summed E-state index contributed by atoms with van der Waals surface area (Å²) in [5.74, 6) is -0.209. The third kappa shape index (κ3) is 2.81. The second-order valence-electron chi connectivity index (χ2n) is 7.50. The molecule has 0 N–H and O–H groups in total. The zero-order valence-electron chi connectivity index (χ0n) is 16.0. The van der Waals surface area contributed by atoms with Gasteiger partial charge >= 0.3 is 0 Å². The molecule has 28 heavy (non-hydrogen) atoms. The van der Waals surface area contributed by atoms with Crippen LogP contribution in [-0.4, -0.2) is 30.6 Å². The first-order valence-electron chi connectivity index (χ1n) is 9.55. The monoisotopic (exact) mass is 375 g/mol. The lowest BCUT2D eigenvalue weighted by atomic mass is 9.99. The number of nitrogens with zero attached hydrogens (tertiary/aromatic N) is 5. The van der Waals surface area contributed by atoms with Crippen molar-refractivity contribution in [3.8, 4) is 0 Å². The van der Waals surface area contributed by atoms with Crippen molar-refractivity contribution in [2.45, 2.75) is 33.0 Å². The summed E-state index contributed by atoms with van der Waals surface area (Å²) in [6.45, 7) is 6.65. The van der Waals surface area contributed by atoms with Gasteiger partial charge < -0.3 is 4.57 Å². The Morgan fingerprint density at radius 3 is 2.75 bits per heavy atom. The van der Waals surface area contributed by atoms with Crippen molar-refractivity contribution < 1.29 is 4.39 Å². The summed E-state index contributed by atoms with van der Waals surface area (Å²) < 4.78 is 17.7. The fourth-order valence-corrected chi connectivity index (χ4v) is 4.27. The van der Waals surface area contributed by atoms with E-state index in [1.165, 1.54) is 5.69 Å². The Kier molecular flexibility index (Phi) is 4.02. The molecular weight excluding hydrogens is 353 g/mol. The molecule has 1 aliphatic heterocycles. The fourth-order valence-electron chi connectivity index (χ4n) is 4.27. The van der Waals surface area contributed by atoms with Crippen LogP contribution in [0.4, 0.5) is 4.39 Å². The number of aromatic nitrogens is 4. The summed E-state index contributed by atoms with van der Waals surface area (Å²) in [6.07, 6.45) is 4.04. The van der Waals surface area contributed by atoms with Crippen molar-refractivity contribution in [2.24, 2.45) is 0 Å². The number of hydrogen-bond donors (Lipinski definition) is 0. The van der Waals surface area contributed by atoms with Gasteiger partial charge in [0.25, 0.3) is 0 Å². The Hall–Kier alpha value is -2.99. The van der Waals surface area contributed by atoms with E-state index < -0.39 is 0 Å². The van der Waals surface area contributed by atoms with Crippen LogP contribution in [0.25, 0.3) is 5.65 Å². The van der Waals surface area contributed by atoms with E-state index in [1.807, 2.05) is 42.8 Å². The lowest BCUT2D eigenvalue weighted by Crippen LogP contribution is -2.37. The molecule has 6 heteroatoms.